The van der Waals surface area contributed by atoms with Crippen LogP contribution in [0.3, 0.4) is 0 Å². The Bertz CT molecular complexity index is 1260. The average Bonchev–Trinajstić information content (AvgIpc) is 3.02. The molecule has 1 aromatic heterocycles. The van der Waals surface area contributed by atoms with E-state index in [1.165, 1.54) is 18.2 Å². The molecule has 8 heteroatoms. The number of anilines is 1. The third-order valence-corrected chi connectivity index (χ3v) is 7.08. The van der Waals surface area contributed by atoms with Crippen LogP contribution in [-0.2, 0) is 33.4 Å². The smallest absolute Gasteiger partial charge is 0.281 e. The van der Waals surface area contributed by atoms with Crippen molar-refractivity contribution in [2.24, 2.45) is 0 Å². The molecule has 31 heavy (non-hydrogen) atoms. The van der Waals surface area contributed by atoms with Gasteiger partial charge in [-0.15, -0.1) is 0 Å². The molecule has 2 heterocycles. The van der Waals surface area contributed by atoms with Gasteiger partial charge in [0.05, 0.1) is 0 Å². The molecule has 1 amide bonds. The molecule has 1 aliphatic heterocycles. The van der Waals surface area contributed by atoms with Crippen molar-refractivity contribution in [3.8, 4) is 0 Å². The Hall–Kier alpha value is -3.23. The van der Waals surface area contributed by atoms with Gasteiger partial charge in [0, 0.05) is 13.1 Å². The lowest BCUT2D eigenvalue weighted by molar-refractivity contribution is -0.131. The summed E-state index contributed by atoms with van der Waals surface area (Å²) in [6, 6.07) is 19.9. The average molecular weight is 437 g/mol. The molecule has 0 saturated heterocycles. The van der Waals surface area contributed by atoms with Crippen molar-refractivity contribution in [2.45, 2.75) is 37.5 Å². The van der Waals surface area contributed by atoms with Gasteiger partial charge >= 0.3 is 0 Å². The minimum atomic E-state index is -4.18. The quantitative estimate of drug-likeness (QED) is 0.637. The van der Waals surface area contributed by atoms with Gasteiger partial charge in [-0.05, 0) is 48.2 Å². The number of fused-ring (bicyclic) bond motifs is 1. The highest BCUT2D eigenvalue weighted by atomic mass is 32.2. The number of hydrogen-bond acceptors (Lipinski definition) is 6. The normalized spacial score (nSPS) is 18.5. The summed E-state index contributed by atoms with van der Waals surface area (Å²) in [6.07, 6.45) is 0. The van der Waals surface area contributed by atoms with Crippen molar-refractivity contribution in [2.75, 3.05) is 5.73 Å². The molecular weight excluding hydrogens is 412 g/mol. The van der Waals surface area contributed by atoms with Crippen LogP contribution in [0.25, 0.3) is 0 Å². The third-order valence-electron chi connectivity index (χ3n) is 5.85. The number of amides is 1. The van der Waals surface area contributed by atoms with Gasteiger partial charge in [0.25, 0.3) is 15.9 Å². The lowest BCUT2D eigenvalue weighted by atomic mass is 9.90. The van der Waals surface area contributed by atoms with Crippen LogP contribution >= 0.6 is 0 Å². The van der Waals surface area contributed by atoms with E-state index in [9.17, 15) is 13.2 Å². The zero-order chi connectivity index (χ0) is 22.2. The lowest BCUT2D eigenvalue weighted by Crippen LogP contribution is -2.52. The summed E-state index contributed by atoms with van der Waals surface area (Å²) in [5.41, 5.74) is 8.42. The van der Waals surface area contributed by atoms with E-state index in [0.29, 0.717) is 13.1 Å². The van der Waals surface area contributed by atoms with Crippen LogP contribution in [0.4, 0.5) is 5.82 Å². The number of nitrogens with two attached hydrogens (primary N) is 1. The zero-order valence-corrected chi connectivity index (χ0v) is 18.2. The second-order valence-corrected chi connectivity index (χ2v) is 9.48. The summed E-state index contributed by atoms with van der Waals surface area (Å²) in [6.45, 7) is 4.81. The Morgan fingerprint density at radius 1 is 1.10 bits per heavy atom. The van der Waals surface area contributed by atoms with Gasteiger partial charge in [-0.3, -0.25) is 9.69 Å². The zero-order valence-electron chi connectivity index (χ0n) is 17.4. The molecule has 160 valence electrons. The van der Waals surface area contributed by atoms with Gasteiger partial charge in [-0.2, -0.15) is 8.42 Å². The minimum absolute atomic E-state index is 0.0638. The van der Waals surface area contributed by atoms with E-state index in [1.54, 1.807) is 6.92 Å². The number of benzene rings is 2. The summed E-state index contributed by atoms with van der Waals surface area (Å²) in [5.74, 6) is -0.566. The highest BCUT2D eigenvalue weighted by Gasteiger charge is 2.48. The van der Waals surface area contributed by atoms with Gasteiger partial charge in [-0.25, -0.2) is 9.71 Å². The molecular formula is C23H24N4O3S. The number of hydrogen-bond donors (Lipinski definition) is 2. The van der Waals surface area contributed by atoms with Gasteiger partial charge in [0.2, 0.25) is 0 Å². The molecule has 4 rings (SSSR count). The van der Waals surface area contributed by atoms with Gasteiger partial charge in [-0.1, -0.05) is 54.6 Å². The van der Waals surface area contributed by atoms with Gasteiger partial charge < -0.3 is 5.73 Å². The Labute approximate surface area is 182 Å². The van der Waals surface area contributed by atoms with Crippen LogP contribution in [0.1, 0.15) is 29.2 Å². The fourth-order valence-corrected chi connectivity index (χ4v) is 5.03. The van der Waals surface area contributed by atoms with Crippen molar-refractivity contribution >= 4 is 21.7 Å². The number of carbonyl (C=O) groups is 1. The molecule has 0 fully saturated rings. The number of aromatic nitrogens is 1. The Morgan fingerprint density at radius 2 is 1.81 bits per heavy atom. The van der Waals surface area contributed by atoms with E-state index in [4.69, 9.17) is 5.73 Å². The summed E-state index contributed by atoms with van der Waals surface area (Å²) in [5, 5.41) is -0.291. The van der Waals surface area contributed by atoms with Crippen LogP contribution in [0.2, 0.25) is 0 Å². The van der Waals surface area contributed by atoms with Crippen LogP contribution < -0.4 is 10.5 Å². The number of nitrogens with one attached hydrogen (secondary N) is 1. The molecule has 0 aliphatic carbocycles. The van der Waals surface area contributed by atoms with Crippen LogP contribution in [0, 0.1) is 6.92 Å². The monoisotopic (exact) mass is 436 g/mol. The second-order valence-electron chi connectivity index (χ2n) is 7.85. The predicted molar refractivity (Wildman–Crippen MR) is 118 cm³/mol. The SMILES string of the molecule is Cc1ccccc1CN1Cc2ccccc2C1(C)C(=O)NS(=O)(=O)c1cccc(N)n1. The molecule has 0 saturated carbocycles. The summed E-state index contributed by atoms with van der Waals surface area (Å²) in [4.78, 5) is 19.3. The van der Waals surface area contributed by atoms with Crippen LogP contribution in [0.5, 0.6) is 0 Å². The van der Waals surface area contributed by atoms with E-state index < -0.39 is 21.5 Å². The highest BCUT2D eigenvalue weighted by molar-refractivity contribution is 7.90. The van der Waals surface area contributed by atoms with E-state index in [0.717, 1.165) is 22.3 Å². The largest absolute Gasteiger partial charge is 0.384 e. The first-order chi connectivity index (χ1) is 14.7. The van der Waals surface area contributed by atoms with E-state index in [-0.39, 0.29) is 10.8 Å². The van der Waals surface area contributed by atoms with Gasteiger partial charge in [0.1, 0.15) is 11.4 Å². The molecule has 1 aliphatic rings. The molecule has 3 N–H and O–H groups in total. The number of carbonyl (C=O) groups excluding carboxylic acids is 1. The van der Waals surface area contributed by atoms with Crippen molar-refractivity contribution in [3.63, 3.8) is 0 Å². The molecule has 1 unspecified atom stereocenters. The Balaban J connectivity index is 1.71. The molecule has 0 bridgehead atoms. The Morgan fingerprint density at radius 3 is 2.55 bits per heavy atom. The first kappa shape index (κ1) is 21.0. The van der Waals surface area contributed by atoms with Crippen molar-refractivity contribution in [1.29, 1.82) is 0 Å². The summed E-state index contributed by atoms with van der Waals surface area (Å²) < 4.78 is 27.9. The molecule has 2 aromatic carbocycles. The van der Waals surface area contributed by atoms with Crippen molar-refractivity contribution in [3.05, 3.63) is 89.0 Å². The third kappa shape index (κ3) is 3.80. The molecule has 0 radical (unpaired) electrons. The molecule has 0 spiro atoms. The maximum Gasteiger partial charge on any atom is 0.281 e. The van der Waals surface area contributed by atoms with E-state index in [1.807, 2.05) is 60.4 Å². The van der Waals surface area contributed by atoms with E-state index >= 15 is 0 Å². The molecule has 7 nitrogen and oxygen atoms in total. The van der Waals surface area contributed by atoms with Crippen molar-refractivity contribution < 1.29 is 13.2 Å². The lowest BCUT2D eigenvalue weighted by Gasteiger charge is -2.34. The fraction of sp³-hybridized carbons (Fsp3) is 0.217. The maximum absolute atomic E-state index is 13.5. The van der Waals surface area contributed by atoms with E-state index in [2.05, 4.69) is 9.71 Å². The standard InChI is InChI=1S/C23H24N4O3S/c1-16-8-3-4-9-17(16)14-27-15-18-10-5-6-11-19(18)23(27,2)22(28)26-31(29,30)21-13-7-12-20(24)25-21/h3-13H,14-15H2,1-2H3,(H2,24,25)(H,26,28). The van der Waals surface area contributed by atoms with Crippen molar-refractivity contribution in [1.82, 2.24) is 14.6 Å². The minimum Gasteiger partial charge on any atom is -0.384 e. The van der Waals surface area contributed by atoms with Gasteiger partial charge in [0.15, 0.2) is 5.03 Å². The number of pyridine rings is 1. The number of aryl methyl sites for hydroxylation is 1. The fourth-order valence-electron chi connectivity index (χ4n) is 3.99. The molecule has 3 aromatic rings. The number of sulfonamides is 1. The number of rotatable bonds is 5. The number of nitrogen functional groups attached to an aromatic ring is 1. The summed E-state index contributed by atoms with van der Waals surface area (Å²) >= 11 is 0. The topological polar surface area (TPSA) is 105 Å². The first-order valence-corrected chi connectivity index (χ1v) is 11.4. The summed E-state index contributed by atoms with van der Waals surface area (Å²) in [7, 11) is -4.18. The Kier molecular flexibility index (Phi) is 5.28. The highest BCUT2D eigenvalue weighted by Crippen LogP contribution is 2.40. The molecule has 1 atom stereocenters. The van der Waals surface area contributed by atoms with Crippen LogP contribution in [0.15, 0.2) is 71.8 Å². The predicted octanol–water partition coefficient (Wildman–Crippen LogP) is 2.71. The van der Waals surface area contributed by atoms with Crippen LogP contribution in [-0.4, -0.2) is 24.2 Å². The maximum atomic E-state index is 13.5. The first-order valence-electron chi connectivity index (χ1n) is 9.89. The number of nitrogens with zero attached hydrogens (tertiary/aromatic N) is 2. The second kappa shape index (κ2) is 7.79.